The van der Waals surface area contributed by atoms with Crippen molar-refractivity contribution < 1.29 is 18.4 Å². The molecule has 1 fully saturated rings. The van der Waals surface area contributed by atoms with E-state index < -0.39 is 0 Å². The zero-order valence-electron chi connectivity index (χ0n) is 17.6. The maximum absolute atomic E-state index is 13.1. The molecule has 160 valence electrons. The van der Waals surface area contributed by atoms with Crippen LogP contribution in [0, 0.1) is 5.82 Å². The normalized spacial score (nSPS) is 16.6. The summed E-state index contributed by atoms with van der Waals surface area (Å²) in [4.78, 5) is 26.4. The van der Waals surface area contributed by atoms with Crippen molar-refractivity contribution in [2.45, 2.75) is 38.5 Å². The maximum atomic E-state index is 13.1. The van der Waals surface area contributed by atoms with E-state index in [1.54, 1.807) is 29.2 Å². The molecule has 1 aliphatic rings. The molecule has 2 amide bonds. The number of carbonyl (C=O) groups excluding carboxylic acids is 2. The molecular formula is C23H23FN4O3. The van der Waals surface area contributed by atoms with E-state index in [0.717, 1.165) is 5.56 Å². The Bertz CT molecular complexity index is 1100. The summed E-state index contributed by atoms with van der Waals surface area (Å²) in [7, 11) is 0. The molecule has 0 radical (unpaired) electrons. The molecule has 0 unspecified atom stereocenters. The summed E-state index contributed by atoms with van der Waals surface area (Å²) in [5.74, 6) is -0.860. The van der Waals surface area contributed by atoms with Crippen LogP contribution in [0.5, 0.6) is 0 Å². The van der Waals surface area contributed by atoms with Crippen LogP contribution in [0.25, 0.3) is 0 Å². The Hall–Kier alpha value is -3.55. The second kappa shape index (κ2) is 7.94. The molecule has 0 saturated carbocycles. The van der Waals surface area contributed by atoms with Crippen LogP contribution in [-0.4, -0.2) is 28.6 Å². The molecule has 1 aromatic heterocycles. The van der Waals surface area contributed by atoms with Gasteiger partial charge in [-0.25, -0.2) is 4.39 Å². The van der Waals surface area contributed by atoms with Crippen LogP contribution in [0.1, 0.15) is 54.9 Å². The Balaban J connectivity index is 1.42. The predicted molar refractivity (Wildman–Crippen MR) is 114 cm³/mol. The number of anilines is 2. The van der Waals surface area contributed by atoms with Crippen LogP contribution < -0.4 is 10.2 Å². The summed E-state index contributed by atoms with van der Waals surface area (Å²) >= 11 is 0. The van der Waals surface area contributed by atoms with Crippen LogP contribution in [-0.2, 0) is 10.2 Å². The van der Waals surface area contributed by atoms with Gasteiger partial charge in [-0.2, -0.15) is 0 Å². The van der Waals surface area contributed by atoms with Crippen molar-refractivity contribution in [1.29, 1.82) is 0 Å². The molecule has 2 heterocycles. The molecule has 7 nitrogen and oxygen atoms in total. The fourth-order valence-electron chi connectivity index (χ4n) is 3.48. The summed E-state index contributed by atoms with van der Waals surface area (Å²) in [5.41, 5.74) is 2.21. The van der Waals surface area contributed by atoms with E-state index in [1.165, 1.54) is 12.1 Å². The third-order valence-electron chi connectivity index (χ3n) is 5.29. The fraction of sp³-hybridized carbons (Fsp3) is 0.304. The lowest BCUT2D eigenvalue weighted by molar-refractivity contribution is -0.117. The second-order valence-electron chi connectivity index (χ2n) is 8.61. The molecule has 2 aromatic carbocycles. The van der Waals surface area contributed by atoms with Gasteiger partial charge >= 0.3 is 6.01 Å². The Labute approximate surface area is 179 Å². The maximum Gasteiger partial charge on any atom is 0.322 e. The lowest BCUT2D eigenvalue weighted by Gasteiger charge is -2.18. The number of carbonyl (C=O) groups is 2. The number of nitrogens with one attached hydrogen (secondary N) is 1. The largest absolute Gasteiger partial charge is 0.407 e. The Kier molecular flexibility index (Phi) is 5.31. The third-order valence-corrected chi connectivity index (χ3v) is 5.29. The first-order chi connectivity index (χ1) is 14.7. The Morgan fingerprint density at radius 3 is 2.42 bits per heavy atom. The number of amides is 2. The molecule has 1 atom stereocenters. The molecular weight excluding hydrogens is 399 g/mol. The standard InChI is InChI=1S/C23H23FN4O3/c1-23(2,3)16-6-4-14(5-7-16)20(30)25-22-27-26-21(31-22)15-12-19(29)28(13-15)18-10-8-17(24)9-11-18/h4-11,15H,12-13H2,1-3H3,(H,25,27,30)/t15-/m1/s1. The zero-order chi connectivity index (χ0) is 22.2. The smallest absolute Gasteiger partial charge is 0.322 e. The third kappa shape index (κ3) is 4.47. The van der Waals surface area contributed by atoms with Crippen molar-refractivity contribution in [2.24, 2.45) is 0 Å². The molecule has 1 saturated heterocycles. The van der Waals surface area contributed by atoms with E-state index >= 15 is 0 Å². The average molecular weight is 422 g/mol. The molecule has 0 bridgehead atoms. The van der Waals surface area contributed by atoms with Crippen LogP contribution in [0.15, 0.2) is 52.9 Å². The average Bonchev–Trinajstić information content (AvgIpc) is 3.34. The van der Waals surface area contributed by atoms with Crippen LogP contribution in [0.3, 0.4) is 0 Å². The van der Waals surface area contributed by atoms with Crippen LogP contribution in [0.4, 0.5) is 16.1 Å². The van der Waals surface area contributed by atoms with Gasteiger partial charge in [0.25, 0.3) is 5.91 Å². The Morgan fingerprint density at radius 2 is 1.77 bits per heavy atom. The van der Waals surface area contributed by atoms with Gasteiger partial charge < -0.3 is 9.32 Å². The number of aromatic nitrogens is 2. The predicted octanol–water partition coefficient (Wildman–Crippen LogP) is 4.28. The minimum atomic E-state index is -0.364. The monoisotopic (exact) mass is 422 g/mol. The van der Waals surface area contributed by atoms with Gasteiger partial charge in [-0.3, -0.25) is 14.9 Å². The number of rotatable bonds is 4. The highest BCUT2D eigenvalue weighted by atomic mass is 19.1. The Morgan fingerprint density at radius 1 is 1.10 bits per heavy atom. The van der Waals surface area contributed by atoms with Gasteiger partial charge in [-0.15, -0.1) is 5.10 Å². The minimum Gasteiger partial charge on any atom is -0.407 e. The lowest BCUT2D eigenvalue weighted by atomic mass is 9.87. The van der Waals surface area contributed by atoms with Crippen molar-refractivity contribution in [3.8, 4) is 0 Å². The first kappa shape index (κ1) is 20.7. The topological polar surface area (TPSA) is 88.3 Å². The van der Waals surface area contributed by atoms with Crippen molar-refractivity contribution in [2.75, 3.05) is 16.8 Å². The van der Waals surface area contributed by atoms with Gasteiger partial charge in [0.1, 0.15) is 5.82 Å². The van der Waals surface area contributed by atoms with Gasteiger partial charge in [-0.05, 0) is 47.4 Å². The van der Waals surface area contributed by atoms with Crippen molar-refractivity contribution in [1.82, 2.24) is 10.2 Å². The van der Waals surface area contributed by atoms with Crippen molar-refractivity contribution in [3.63, 3.8) is 0 Å². The van der Waals surface area contributed by atoms with Crippen LogP contribution >= 0.6 is 0 Å². The highest BCUT2D eigenvalue weighted by Crippen LogP contribution is 2.32. The van der Waals surface area contributed by atoms with Crippen molar-refractivity contribution >= 4 is 23.5 Å². The van der Waals surface area contributed by atoms with Gasteiger partial charge in [-0.1, -0.05) is 38.0 Å². The van der Waals surface area contributed by atoms with Crippen LogP contribution in [0.2, 0.25) is 0 Å². The molecule has 0 spiro atoms. The van der Waals surface area contributed by atoms with Gasteiger partial charge in [0, 0.05) is 24.2 Å². The van der Waals surface area contributed by atoms with E-state index in [0.29, 0.717) is 17.8 Å². The van der Waals surface area contributed by atoms with E-state index in [2.05, 4.69) is 36.3 Å². The molecule has 3 aromatic rings. The van der Waals surface area contributed by atoms with E-state index in [-0.39, 0.29) is 47.3 Å². The number of halogens is 1. The highest BCUT2D eigenvalue weighted by Gasteiger charge is 2.35. The van der Waals surface area contributed by atoms with Crippen molar-refractivity contribution in [3.05, 3.63) is 71.4 Å². The number of nitrogens with zero attached hydrogens (tertiary/aromatic N) is 3. The molecule has 1 N–H and O–H groups in total. The second-order valence-corrected chi connectivity index (χ2v) is 8.61. The fourth-order valence-corrected chi connectivity index (χ4v) is 3.48. The van der Waals surface area contributed by atoms with E-state index in [1.807, 2.05) is 12.1 Å². The summed E-state index contributed by atoms with van der Waals surface area (Å²) in [6, 6.07) is 13.1. The first-order valence-electron chi connectivity index (χ1n) is 10.0. The number of hydrogen-bond acceptors (Lipinski definition) is 5. The summed E-state index contributed by atoms with van der Waals surface area (Å²) in [6.45, 7) is 6.65. The summed E-state index contributed by atoms with van der Waals surface area (Å²) < 4.78 is 18.7. The van der Waals surface area contributed by atoms with Gasteiger partial charge in [0.2, 0.25) is 11.8 Å². The van der Waals surface area contributed by atoms with E-state index in [9.17, 15) is 14.0 Å². The lowest BCUT2D eigenvalue weighted by Crippen LogP contribution is -2.24. The minimum absolute atomic E-state index is 0.00307. The quantitative estimate of drug-likeness (QED) is 0.678. The molecule has 1 aliphatic heterocycles. The van der Waals surface area contributed by atoms with Gasteiger partial charge in [0.15, 0.2) is 0 Å². The summed E-state index contributed by atoms with van der Waals surface area (Å²) in [6.07, 6.45) is 0.196. The highest BCUT2D eigenvalue weighted by molar-refractivity contribution is 6.03. The first-order valence-corrected chi connectivity index (χ1v) is 10.0. The van der Waals surface area contributed by atoms with E-state index in [4.69, 9.17) is 4.42 Å². The molecule has 8 heteroatoms. The molecule has 31 heavy (non-hydrogen) atoms. The molecule has 0 aliphatic carbocycles. The van der Waals surface area contributed by atoms with Gasteiger partial charge in [0.05, 0.1) is 5.92 Å². The number of benzene rings is 2. The summed E-state index contributed by atoms with van der Waals surface area (Å²) in [5, 5.41) is 10.5. The number of hydrogen-bond donors (Lipinski definition) is 1. The molecule has 4 rings (SSSR count). The zero-order valence-corrected chi connectivity index (χ0v) is 17.6. The SMILES string of the molecule is CC(C)(C)c1ccc(C(=O)Nc2nnc([C@@H]3CC(=O)N(c4ccc(F)cc4)C3)o2)cc1.